The van der Waals surface area contributed by atoms with Crippen LogP contribution in [0.1, 0.15) is 32.7 Å². The van der Waals surface area contributed by atoms with Crippen LogP contribution in [0.15, 0.2) is 48.5 Å². The van der Waals surface area contributed by atoms with Gasteiger partial charge in [-0.15, -0.1) is 0 Å². The quantitative estimate of drug-likeness (QED) is 0.639. The largest absolute Gasteiger partial charge is 0.355 e. The van der Waals surface area contributed by atoms with Crippen molar-refractivity contribution in [2.45, 2.75) is 12.8 Å². The van der Waals surface area contributed by atoms with Crippen LogP contribution in [-0.4, -0.2) is 35.7 Å². The van der Waals surface area contributed by atoms with E-state index >= 15 is 0 Å². The highest BCUT2D eigenvalue weighted by molar-refractivity contribution is 6.37. The number of fused-ring (bicyclic) bond motifs is 1. The molecule has 6 heteroatoms. The van der Waals surface area contributed by atoms with E-state index in [9.17, 15) is 14.4 Å². The van der Waals surface area contributed by atoms with Crippen LogP contribution in [-0.2, 0) is 11.2 Å². The van der Waals surface area contributed by atoms with Gasteiger partial charge in [-0.25, -0.2) is 0 Å². The number of nitrogens with one attached hydrogen (secondary N) is 1. The van der Waals surface area contributed by atoms with Crippen LogP contribution in [0.3, 0.4) is 0 Å². The highest BCUT2D eigenvalue weighted by atomic mass is 35.5. The second-order valence-electron chi connectivity index (χ2n) is 5.80. The predicted molar refractivity (Wildman–Crippen MR) is 94.6 cm³/mol. The number of aryl methyl sites for hydroxylation is 1. The number of carbonyl (C=O) groups excluding carboxylic acids is 3. The van der Waals surface area contributed by atoms with Crippen molar-refractivity contribution in [2.24, 2.45) is 0 Å². The average Bonchev–Trinajstić information content (AvgIpc) is 2.86. The van der Waals surface area contributed by atoms with Gasteiger partial charge in [0.25, 0.3) is 11.8 Å². The van der Waals surface area contributed by atoms with Gasteiger partial charge in [-0.2, -0.15) is 0 Å². The van der Waals surface area contributed by atoms with Crippen molar-refractivity contribution in [3.8, 4) is 0 Å². The first kappa shape index (κ1) is 17.2. The summed E-state index contributed by atoms with van der Waals surface area (Å²) in [5.41, 5.74) is 1.62. The molecule has 0 bridgehead atoms. The van der Waals surface area contributed by atoms with Gasteiger partial charge in [0.15, 0.2) is 0 Å². The molecule has 0 fully saturated rings. The van der Waals surface area contributed by atoms with Crippen molar-refractivity contribution in [1.82, 2.24) is 10.2 Å². The van der Waals surface area contributed by atoms with Crippen LogP contribution < -0.4 is 5.32 Å². The van der Waals surface area contributed by atoms with Crippen molar-refractivity contribution in [2.75, 3.05) is 13.1 Å². The molecule has 3 rings (SSSR count). The summed E-state index contributed by atoms with van der Waals surface area (Å²) in [7, 11) is 0. The highest BCUT2D eigenvalue weighted by Gasteiger charge is 2.37. The van der Waals surface area contributed by atoms with Crippen LogP contribution in [0.25, 0.3) is 0 Å². The Balaban J connectivity index is 1.51. The summed E-state index contributed by atoms with van der Waals surface area (Å²) in [4.78, 5) is 37.6. The molecular weight excluding hydrogens is 340 g/mol. The first-order valence-corrected chi connectivity index (χ1v) is 8.41. The summed E-state index contributed by atoms with van der Waals surface area (Å²) in [5.74, 6) is -1.37. The summed E-state index contributed by atoms with van der Waals surface area (Å²) in [6, 6.07) is 14.7. The molecule has 128 valence electrons. The fraction of sp³-hybridized carbons (Fsp3) is 0.211. The third kappa shape index (κ3) is 3.72. The minimum absolute atomic E-state index is 0.172. The van der Waals surface area contributed by atoms with Crippen LogP contribution in [0.5, 0.6) is 0 Å². The third-order valence-corrected chi connectivity index (χ3v) is 4.37. The molecule has 0 spiro atoms. The zero-order chi connectivity index (χ0) is 17.8. The van der Waals surface area contributed by atoms with E-state index in [4.69, 9.17) is 11.6 Å². The normalized spacial score (nSPS) is 13.1. The number of halogens is 1. The van der Waals surface area contributed by atoms with Gasteiger partial charge >= 0.3 is 0 Å². The molecule has 1 aliphatic rings. The Morgan fingerprint density at radius 1 is 1.00 bits per heavy atom. The number of hydrogen-bond acceptors (Lipinski definition) is 3. The Labute approximate surface area is 150 Å². The molecular formula is C19H17ClN2O3. The van der Waals surface area contributed by atoms with Crippen LogP contribution in [0, 0.1) is 0 Å². The molecule has 3 amide bonds. The summed E-state index contributed by atoms with van der Waals surface area (Å²) in [5, 5.41) is 2.97. The summed E-state index contributed by atoms with van der Waals surface area (Å²) < 4.78 is 0. The average molecular weight is 357 g/mol. The molecule has 25 heavy (non-hydrogen) atoms. The van der Waals surface area contributed by atoms with E-state index in [1.165, 1.54) is 5.56 Å². The molecule has 0 saturated carbocycles. The van der Waals surface area contributed by atoms with Gasteiger partial charge in [-0.1, -0.05) is 48.0 Å². The zero-order valence-electron chi connectivity index (χ0n) is 13.5. The molecule has 0 saturated heterocycles. The minimum Gasteiger partial charge on any atom is -0.355 e. The molecule has 2 aromatic carbocycles. The van der Waals surface area contributed by atoms with E-state index in [2.05, 4.69) is 5.32 Å². The summed E-state index contributed by atoms with van der Waals surface area (Å²) in [6.45, 7) is 0.186. The first-order valence-electron chi connectivity index (χ1n) is 8.03. The fourth-order valence-corrected chi connectivity index (χ4v) is 3.06. The molecule has 0 aromatic heterocycles. The number of benzene rings is 2. The number of hydrogen-bond donors (Lipinski definition) is 1. The monoisotopic (exact) mass is 356 g/mol. The molecule has 0 unspecified atom stereocenters. The number of rotatable bonds is 6. The van der Waals surface area contributed by atoms with Gasteiger partial charge in [0.1, 0.15) is 6.54 Å². The van der Waals surface area contributed by atoms with Gasteiger partial charge in [0, 0.05) is 6.54 Å². The highest BCUT2D eigenvalue weighted by Crippen LogP contribution is 2.28. The van der Waals surface area contributed by atoms with Crippen molar-refractivity contribution in [1.29, 1.82) is 0 Å². The third-order valence-electron chi connectivity index (χ3n) is 4.06. The SMILES string of the molecule is O=C(CN1C(=O)c2cccc(Cl)c2C1=O)NCCCc1ccccc1. The second-order valence-corrected chi connectivity index (χ2v) is 6.21. The lowest BCUT2D eigenvalue weighted by Crippen LogP contribution is -2.40. The predicted octanol–water partition coefficient (Wildman–Crippen LogP) is 2.69. The Bertz CT molecular complexity index is 821. The Kier molecular flexibility index (Phi) is 5.14. The minimum atomic E-state index is -0.523. The summed E-state index contributed by atoms with van der Waals surface area (Å²) >= 11 is 5.99. The fourth-order valence-electron chi connectivity index (χ4n) is 2.80. The van der Waals surface area contributed by atoms with E-state index in [1.807, 2.05) is 30.3 Å². The van der Waals surface area contributed by atoms with Gasteiger partial charge < -0.3 is 5.32 Å². The molecule has 1 heterocycles. The number of amides is 3. The first-order chi connectivity index (χ1) is 12.1. The van der Waals surface area contributed by atoms with E-state index in [1.54, 1.807) is 18.2 Å². The van der Waals surface area contributed by atoms with Crippen molar-refractivity contribution < 1.29 is 14.4 Å². The molecule has 0 atom stereocenters. The van der Waals surface area contributed by atoms with Gasteiger partial charge in [0.05, 0.1) is 16.1 Å². The topological polar surface area (TPSA) is 66.5 Å². The van der Waals surface area contributed by atoms with E-state index in [-0.39, 0.29) is 28.6 Å². The molecule has 1 aliphatic heterocycles. The summed E-state index contributed by atoms with van der Waals surface area (Å²) in [6.07, 6.45) is 1.63. The standard InChI is InChI=1S/C19H17ClN2O3/c20-15-10-4-9-14-17(15)19(25)22(18(14)24)12-16(23)21-11-5-8-13-6-2-1-3-7-13/h1-4,6-7,9-10H,5,8,11-12H2,(H,21,23). The lowest BCUT2D eigenvalue weighted by Gasteiger charge is -2.13. The molecule has 5 nitrogen and oxygen atoms in total. The van der Waals surface area contributed by atoms with E-state index in [0.717, 1.165) is 17.7 Å². The maximum atomic E-state index is 12.3. The molecule has 2 aromatic rings. The van der Waals surface area contributed by atoms with Gasteiger partial charge in [-0.05, 0) is 30.5 Å². The number of imide groups is 1. The maximum absolute atomic E-state index is 12.3. The lowest BCUT2D eigenvalue weighted by atomic mass is 10.1. The van der Waals surface area contributed by atoms with Crippen molar-refractivity contribution in [3.05, 3.63) is 70.2 Å². The van der Waals surface area contributed by atoms with E-state index in [0.29, 0.717) is 6.54 Å². The number of carbonyl (C=O) groups is 3. The molecule has 1 N–H and O–H groups in total. The molecule has 0 radical (unpaired) electrons. The van der Waals surface area contributed by atoms with Crippen LogP contribution in [0.4, 0.5) is 0 Å². The smallest absolute Gasteiger partial charge is 0.263 e. The Morgan fingerprint density at radius 3 is 2.48 bits per heavy atom. The van der Waals surface area contributed by atoms with Crippen LogP contribution in [0.2, 0.25) is 5.02 Å². The Morgan fingerprint density at radius 2 is 1.76 bits per heavy atom. The molecule has 0 aliphatic carbocycles. The lowest BCUT2D eigenvalue weighted by molar-refractivity contribution is -0.121. The van der Waals surface area contributed by atoms with Crippen LogP contribution >= 0.6 is 11.6 Å². The van der Waals surface area contributed by atoms with Gasteiger partial charge in [-0.3, -0.25) is 19.3 Å². The van der Waals surface area contributed by atoms with E-state index < -0.39 is 11.8 Å². The van der Waals surface area contributed by atoms with Gasteiger partial charge in [0.2, 0.25) is 5.91 Å². The maximum Gasteiger partial charge on any atom is 0.263 e. The zero-order valence-corrected chi connectivity index (χ0v) is 14.3. The number of nitrogens with zero attached hydrogens (tertiary/aromatic N) is 1. The van der Waals surface area contributed by atoms with Crippen molar-refractivity contribution >= 4 is 29.3 Å². The van der Waals surface area contributed by atoms with Crippen molar-refractivity contribution in [3.63, 3.8) is 0 Å². The second kappa shape index (κ2) is 7.49. The Hall–Kier alpha value is -2.66.